The van der Waals surface area contributed by atoms with E-state index in [0.29, 0.717) is 6.42 Å². The van der Waals surface area contributed by atoms with E-state index >= 15 is 0 Å². The molecule has 1 atom stereocenters. The van der Waals surface area contributed by atoms with Gasteiger partial charge in [0.25, 0.3) is 0 Å². The number of hydrogen-bond donors (Lipinski definition) is 0. The van der Waals surface area contributed by atoms with E-state index in [1.54, 1.807) is 6.08 Å². The van der Waals surface area contributed by atoms with Crippen LogP contribution in [0.4, 0.5) is 0 Å². The predicted molar refractivity (Wildman–Crippen MR) is 43.3 cm³/mol. The normalized spacial score (nSPS) is 11.4. The molecule has 64 valence electrons. The Morgan fingerprint density at radius 2 is 2.17 bits per heavy atom. The zero-order chi connectivity index (χ0) is 8.69. The van der Waals surface area contributed by atoms with Gasteiger partial charge in [-0.3, -0.25) is 0 Å². The first-order valence-corrected chi connectivity index (χ1v) is 4.05. The molecule has 0 aromatic rings. The number of carbonyl (C=O) groups excluding carboxylic acids is 1. The van der Waals surface area contributed by atoms with Crippen molar-refractivity contribution in [1.29, 1.82) is 0 Å². The van der Waals surface area contributed by atoms with Crippen LogP contribution < -0.4 is 34.7 Å². The summed E-state index contributed by atoms with van der Waals surface area (Å²) in [5, 5.41) is 9.92. The summed E-state index contributed by atoms with van der Waals surface area (Å²) in [6, 6.07) is 0. The van der Waals surface area contributed by atoms with Crippen molar-refractivity contribution in [3.8, 4) is 0 Å². The molecule has 0 heterocycles. The van der Waals surface area contributed by atoms with Crippen molar-refractivity contribution in [2.45, 2.75) is 31.1 Å². The first-order valence-electron chi connectivity index (χ1n) is 3.61. The molecule has 0 aliphatic heterocycles. The van der Waals surface area contributed by atoms with Crippen LogP contribution in [0.15, 0.2) is 12.7 Å². The first-order chi connectivity index (χ1) is 5.16. The molecule has 12 heavy (non-hydrogen) atoms. The number of carbonyl (C=O) groups is 1. The second-order valence-corrected chi connectivity index (χ2v) is 2.99. The second kappa shape index (κ2) is 9.59. The molecule has 2 nitrogen and oxygen atoms in total. The maximum atomic E-state index is 9.99. The van der Waals surface area contributed by atoms with Gasteiger partial charge >= 0.3 is 29.6 Å². The molecule has 0 bridgehead atoms. The zero-order valence-electron chi connectivity index (χ0n) is 7.38. The Morgan fingerprint density at radius 1 is 1.58 bits per heavy atom. The van der Waals surface area contributed by atoms with E-state index < -0.39 is 5.97 Å². The summed E-state index contributed by atoms with van der Waals surface area (Å²) in [6.45, 7) is 3.54. The van der Waals surface area contributed by atoms with Crippen LogP contribution in [-0.4, -0.2) is 11.3 Å². The van der Waals surface area contributed by atoms with Gasteiger partial charge in [0.2, 0.25) is 0 Å². The van der Waals surface area contributed by atoms with Crippen molar-refractivity contribution in [2.75, 3.05) is 0 Å². The summed E-state index contributed by atoms with van der Waals surface area (Å²) < 4.78 is 0. The zero-order valence-corrected chi connectivity index (χ0v) is 10.1. The molecule has 0 radical (unpaired) electrons. The maximum Gasteiger partial charge on any atom is 1.00 e. The van der Waals surface area contributed by atoms with Gasteiger partial charge in [-0.1, -0.05) is 6.08 Å². The fraction of sp³-hybridized carbons (Fsp3) is 0.625. The van der Waals surface area contributed by atoms with Gasteiger partial charge in [0.15, 0.2) is 0 Å². The van der Waals surface area contributed by atoms with Crippen LogP contribution in [0.25, 0.3) is 0 Å². The number of aliphatic carboxylic acids is 1. The largest absolute Gasteiger partial charge is 1.00 e. The molecule has 0 aliphatic carbocycles. The van der Waals surface area contributed by atoms with Gasteiger partial charge in [-0.15, -0.1) is 18.2 Å². The fourth-order valence-electron chi connectivity index (χ4n) is 0.718. The molecular formula is C8H12ClNaO2. The Bertz CT molecular complexity index is 139. The van der Waals surface area contributed by atoms with Crippen LogP contribution in [0.2, 0.25) is 0 Å². The van der Waals surface area contributed by atoms with Gasteiger partial charge in [-0.2, -0.15) is 0 Å². The summed E-state index contributed by atoms with van der Waals surface area (Å²) in [5.74, 6) is -1.03. The summed E-state index contributed by atoms with van der Waals surface area (Å²) in [7, 11) is 0. The smallest absolute Gasteiger partial charge is 0.550 e. The predicted octanol–water partition coefficient (Wildman–Crippen LogP) is -1.91. The topological polar surface area (TPSA) is 40.1 Å². The summed E-state index contributed by atoms with van der Waals surface area (Å²) >= 11 is 5.76. The third-order valence-electron chi connectivity index (χ3n) is 1.35. The molecule has 0 aliphatic rings. The second-order valence-electron chi connectivity index (χ2n) is 2.37. The van der Waals surface area contributed by atoms with Gasteiger partial charge in [0.05, 0.1) is 0 Å². The summed E-state index contributed by atoms with van der Waals surface area (Å²) in [4.78, 5) is 9.99. The van der Waals surface area contributed by atoms with Crippen LogP contribution >= 0.6 is 11.6 Å². The van der Waals surface area contributed by atoms with Crippen molar-refractivity contribution in [3.63, 3.8) is 0 Å². The SMILES string of the molecule is C=CCCC(Cl)CCC(=O)[O-].[Na+]. The van der Waals surface area contributed by atoms with E-state index in [4.69, 9.17) is 11.6 Å². The van der Waals surface area contributed by atoms with E-state index in [0.717, 1.165) is 12.8 Å². The number of hydrogen-bond acceptors (Lipinski definition) is 2. The van der Waals surface area contributed by atoms with Crippen molar-refractivity contribution in [2.24, 2.45) is 0 Å². The van der Waals surface area contributed by atoms with Crippen molar-refractivity contribution in [3.05, 3.63) is 12.7 Å². The van der Waals surface area contributed by atoms with Crippen LogP contribution in [0, 0.1) is 0 Å². The molecule has 1 unspecified atom stereocenters. The minimum absolute atomic E-state index is 0. The standard InChI is InChI=1S/C8H13ClO2.Na/c1-2-3-4-7(9)5-6-8(10)11;/h2,7H,1,3-6H2,(H,10,11);/q;+1/p-1. The third kappa shape index (κ3) is 10.5. The van der Waals surface area contributed by atoms with Gasteiger partial charge in [0, 0.05) is 11.3 Å². The monoisotopic (exact) mass is 198 g/mol. The summed E-state index contributed by atoms with van der Waals surface area (Å²) in [6.07, 6.45) is 3.93. The van der Waals surface area contributed by atoms with Crippen molar-refractivity contribution in [1.82, 2.24) is 0 Å². The molecule has 0 saturated carbocycles. The van der Waals surface area contributed by atoms with E-state index in [1.165, 1.54) is 0 Å². The van der Waals surface area contributed by atoms with Crippen molar-refractivity contribution >= 4 is 17.6 Å². The van der Waals surface area contributed by atoms with Crippen LogP contribution in [-0.2, 0) is 4.79 Å². The van der Waals surface area contributed by atoms with Crippen LogP contribution in [0.3, 0.4) is 0 Å². The Hall–Kier alpha value is 0.500. The van der Waals surface area contributed by atoms with E-state index in [1.807, 2.05) is 0 Å². The first kappa shape index (κ1) is 15.0. The molecule has 0 saturated heterocycles. The average Bonchev–Trinajstić information content (AvgIpc) is 1.97. The number of rotatable bonds is 6. The van der Waals surface area contributed by atoms with E-state index in [2.05, 4.69) is 6.58 Å². The molecule has 0 fully saturated rings. The number of alkyl halides is 1. The number of carboxylic acid groups (broad SMARTS) is 1. The van der Waals surface area contributed by atoms with E-state index in [9.17, 15) is 9.90 Å². The van der Waals surface area contributed by atoms with Crippen LogP contribution in [0.1, 0.15) is 25.7 Å². The number of carboxylic acids is 1. The molecule has 0 rings (SSSR count). The van der Waals surface area contributed by atoms with Gasteiger partial charge < -0.3 is 9.90 Å². The quantitative estimate of drug-likeness (QED) is 0.284. The van der Waals surface area contributed by atoms with E-state index in [-0.39, 0.29) is 41.4 Å². The Morgan fingerprint density at radius 3 is 2.58 bits per heavy atom. The minimum Gasteiger partial charge on any atom is -0.550 e. The van der Waals surface area contributed by atoms with Gasteiger partial charge in [-0.25, -0.2) is 0 Å². The summed E-state index contributed by atoms with van der Waals surface area (Å²) in [5.41, 5.74) is 0. The van der Waals surface area contributed by atoms with Crippen molar-refractivity contribution < 1.29 is 39.5 Å². The average molecular weight is 199 g/mol. The molecular weight excluding hydrogens is 187 g/mol. The molecule has 0 spiro atoms. The Kier molecular flexibility index (Phi) is 12.0. The van der Waals surface area contributed by atoms with Gasteiger partial charge in [-0.05, 0) is 25.7 Å². The molecule has 0 amide bonds. The molecule has 4 heteroatoms. The number of allylic oxidation sites excluding steroid dienone is 1. The fourth-order valence-corrected chi connectivity index (χ4v) is 0.953. The molecule has 0 aromatic heterocycles. The molecule has 0 N–H and O–H groups in total. The van der Waals surface area contributed by atoms with Gasteiger partial charge in [0.1, 0.15) is 0 Å². The maximum absolute atomic E-state index is 9.99. The molecule has 0 aromatic carbocycles. The Balaban J connectivity index is 0. The third-order valence-corrected chi connectivity index (χ3v) is 1.78. The van der Waals surface area contributed by atoms with Crippen LogP contribution in [0.5, 0.6) is 0 Å². The Labute approximate surface area is 100 Å². The number of halogens is 1. The minimum atomic E-state index is -1.03.